The fourth-order valence-corrected chi connectivity index (χ4v) is 3.20. The monoisotopic (exact) mass is 288 g/mol. The van der Waals surface area contributed by atoms with Crippen molar-refractivity contribution in [3.8, 4) is 0 Å². The third-order valence-electron chi connectivity index (χ3n) is 4.40. The van der Waals surface area contributed by atoms with Crippen LogP contribution in [0.15, 0.2) is 42.5 Å². The molecule has 104 valence electrons. The van der Waals surface area contributed by atoms with Crippen LogP contribution in [0.25, 0.3) is 10.8 Å². The van der Waals surface area contributed by atoms with E-state index in [1.165, 1.54) is 5.39 Å². The molecule has 2 fully saturated rings. The Bertz CT molecular complexity index is 648. The fraction of sp³-hybridized carbons (Fsp3) is 0.312. The van der Waals surface area contributed by atoms with Crippen LogP contribution < -0.4 is 10.6 Å². The largest absolute Gasteiger partial charge is 0.349 e. The van der Waals surface area contributed by atoms with E-state index in [0.29, 0.717) is 17.9 Å². The van der Waals surface area contributed by atoms with Crippen molar-refractivity contribution in [1.29, 1.82) is 0 Å². The summed E-state index contributed by atoms with van der Waals surface area (Å²) in [6.07, 6.45) is 0. The number of fused-ring (bicyclic) bond motifs is 2. The van der Waals surface area contributed by atoms with Crippen molar-refractivity contribution in [2.45, 2.75) is 6.04 Å². The molecule has 20 heavy (non-hydrogen) atoms. The summed E-state index contributed by atoms with van der Waals surface area (Å²) in [5.41, 5.74) is 0.761. The summed E-state index contributed by atoms with van der Waals surface area (Å²) in [6, 6.07) is 14.4. The first-order valence-electron chi connectivity index (χ1n) is 6.83. The number of carbonyl (C=O) groups is 1. The van der Waals surface area contributed by atoms with E-state index in [-0.39, 0.29) is 18.3 Å². The normalized spacial score (nSPS) is 26.7. The van der Waals surface area contributed by atoms with Crippen LogP contribution >= 0.6 is 12.4 Å². The molecule has 1 heterocycles. The van der Waals surface area contributed by atoms with Gasteiger partial charge in [0.15, 0.2) is 0 Å². The highest BCUT2D eigenvalue weighted by molar-refractivity contribution is 5.98. The Hall–Kier alpha value is -1.58. The first-order valence-corrected chi connectivity index (χ1v) is 6.83. The molecule has 1 aliphatic heterocycles. The predicted octanol–water partition coefficient (Wildman–Crippen LogP) is 2.21. The SMILES string of the molecule is Cl.O=C(NC1C2CNCC21)c1ccc2ccccc2c1. The molecule has 4 heteroatoms. The van der Waals surface area contributed by atoms with Gasteiger partial charge in [-0.05, 0) is 34.7 Å². The number of benzene rings is 2. The van der Waals surface area contributed by atoms with Gasteiger partial charge in [0, 0.05) is 24.7 Å². The third kappa shape index (κ3) is 2.17. The van der Waals surface area contributed by atoms with Crippen molar-refractivity contribution in [2.75, 3.05) is 13.1 Å². The second-order valence-corrected chi connectivity index (χ2v) is 5.55. The Morgan fingerprint density at radius 1 is 1.05 bits per heavy atom. The van der Waals surface area contributed by atoms with Gasteiger partial charge in [-0.2, -0.15) is 0 Å². The first-order chi connectivity index (χ1) is 9.33. The summed E-state index contributed by atoms with van der Waals surface area (Å²) in [5.74, 6) is 1.37. The number of piperidine rings is 1. The van der Waals surface area contributed by atoms with Crippen LogP contribution in [0.2, 0.25) is 0 Å². The van der Waals surface area contributed by atoms with Gasteiger partial charge in [-0.3, -0.25) is 4.79 Å². The second-order valence-electron chi connectivity index (χ2n) is 5.55. The predicted molar refractivity (Wildman–Crippen MR) is 82.3 cm³/mol. The van der Waals surface area contributed by atoms with Crippen LogP contribution in [0.3, 0.4) is 0 Å². The minimum Gasteiger partial charge on any atom is -0.349 e. The lowest BCUT2D eigenvalue weighted by molar-refractivity contribution is 0.0946. The molecule has 2 aromatic rings. The molecule has 2 unspecified atom stereocenters. The maximum absolute atomic E-state index is 12.2. The standard InChI is InChI=1S/C16H16N2O.ClH/c19-16(18-15-13-8-17-9-14(13)15)12-6-5-10-3-1-2-4-11(10)7-12;/h1-7,13-15,17H,8-9H2,(H,18,19);1H. The smallest absolute Gasteiger partial charge is 0.251 e. The Morgan fingerprint density at radius 2 is 1.75 bits per heavy atom. The highest BCUT2D eigenvalue weighted by Crippen LogP contribution is 2.41. The zero-order valence-electron chi connectivity index (χ0n) is 11.0. The van der Waals surface area contributed by atoms with E-state index in [4.69, 9.17) is 0 Å². The summed E-state index contributed by atoms with van der Waals surface area (Å²) in [6.45, 7) is 2.10. The average Bonchev–Trinajstić information content (AvgIpc) is 2.88. The Morgan fingerprint density at radius 3 is 2.50 bits per heavy atom. The van der Waals surface area contributed by atoms with Gasteiger partial charge in [0.05, 0.1) is 0 Å². The van der Waals surface area contributed by atoms with Crippen molar-refractivity contribution < 1.29 is 4.79 Å². The molecule has 0 bridgehead atoms. The van der Waals surface area contributed by atoms with Gasteiger partial charge in [-0.15, -0.1) is 12.4 Å². The van der Waals surface area contributed by atoms with E-state index < -0.39 is 0 Å². The topological polar surface area (TPSA) is 41.1 Å². The van der Waals surface area contributed by atoms with Crippen molar-refractivity contribution in [1.82, 2.24) is 10.6 Å². The van der Waals surface area contributed by atoms with Crippen LogP contribution in [-0.4, -0.2) is 25.0 Å². The summed E-state index contributed by atoms with van der Waals surface area (Å²) in [5, 5.41) is 8.79. The highest BCUT2D eigenvalue weighted by atomic mass is 35.5. The molecule has 2 N–H and O–H groups in total. The quantitative estimate of drug-likeness (QED) is 0.890. The summed E-state index contributed by atoms with van der Waals surface area (Å²) >= 11 is 0. The van der Waals surface area contributed by atoms with E-state index in [9.17, 15) is 4.79 Å². The molecule has 0 aromatic heterocycles. The van der Waals surface area contributed by atoms with E-state index in [1.54, 1.807) is 0 Å². The number of halogens is 1. The number of nitrogens with one attached hydrogen (secondary N) is 2. The van der Waals surface area contributed by atoms with E-state index in [2.05, 4.69) is 16.7 Å². The van der Waals surface area contributed by atoms with E-state index in [0.717, 1.165) is 24.0 Å². The summed E-state index contributed by atoms with van der Waals surface area (Å²) in [7, 11) is 0. The first kappa shape index (κ1) is 13.4. The second kappa shape index (κ2) is 5.08. The van der Waals surface area contributed by atoms with Crippen LogP contribution in [0.1, 0.15) is 10.4 Å². The van der Waals surface area contributed by atoms with Crippen molar-refractivity contribution in [2.24, 2.45) is 11.8 Å². The molecule has 2 aromatic carbocycles. The Kier molecular flexibility index (Phi) is 3.40. The van der Waals surface area contributed by atoms with Crippen molar-refractivity contribution in [3.05, 3.63) is 48.0 Å². The van der Waals surface area contributed by atoms with E-state index in [1.807, 2.05) is 36.4 Å². The lowest BCUT2D eigenvalue weighted by Crippen LogP contribution is -2.32. The molecule has 1 aliphatic carbocycles. The number of amides is 1. The van der Waals surface area contributed by atoms with Crippen molar-refractivity contribution in [3.63, 3.8) is 0 Å². The number of carbonyl (C=O) groups excluding carboxylic acids is 1. The minimum atomic E-state index is 0. The van der Waals surface area contributed by atoms with Crippen LogP contribution in [-0.2, 0) is 0 Å². The molecule has 1 saturated carbocycles. The molecular weight excluding hydrogens is 272 g/mol. The molecule has 2 aliphatic rings. The highest BCUT2D eigenvalue weighted by Gasteiger charge is 2.53. The van der Waals surface area contributed by atoms with Crippen LogP contribution in [0.5, 0.6) is 0 Å². The molecule has 4 rings (SSSR count). The van der Waals surface area contributed by atoms with Gasteiger partial charge in [-0.1, -0.05) is 30.3 Å². The number of hydrogen-bond acceptors (Lipinski definition) is 2. The lowest BCUT2D eigenvalue weighted by Gasteiger charge is -2.08. The molecule has 0 spiro atoms. The van der Waals surface area contributed by atoms with Gasteiger partial charge >= 0.3 is 0 Å². The average molecular weight is 289 g/mol. The molecular formula is C16H17ClN2O. The zero-order chi connectivity index (χ0) is 12.8. The van der Waals surface area contributed by atoms with Crippen molar-refractivity contribution >= 4 is 29.1 Å². The lowest BCUT2D eigenvalue weighted by atomic mass is 10.1. The van der Waals surface area contributed by atoms with Gasteiger partial charge in [0.2, 0.25) is 0 Å². The Balaban J connectivity index is 0.00000121. The molecule has 1 saturated heterocycles. The molecule has 1 amide bonds. The molecule has 2 atom stereocenters. The maximum Gasteiger partial charge on any atom is 0.251 e. The third-order valence-corrected chi connectivity index (χ3v) is 4.40. The number of rotatable bonds is 2. The van der Waals surface area contributed by atoms with Gasteiger partial charge < -0.3 is 10.6 Å². The molecule has 3 nitrogen and oxygen atoms in total. The van der Waals surface area contributed by atoms with Gasteiger partial charge in [0.25, 0.3) is 5.91 Å². The van der Waals surface area contributed by atoms with Crippen LogP contribution in [0.4, 0.5) is 0 Å². The maximum atomic E-state index is 12.2. The van der Waals surface area contributed by atoms with E-state index >= 15 is 0 Å². The molecule has 0 radical (unpaired) electrons. The number of hydrogen-bond donors (Lipinski definition) is 2. The zero-order valence-corrected chi connectivity index (χ0v) is 11.8. The summed E-state index contributed by atoms with van der Waals surface area (Å²) < 4.78 is 0. The summed E-state index contributed by atoms with van der Waals surface area (Å²) in [4.78, 5) is 12.2. The van der Waals surface area contributed by atoms with Crippen LogP contribution in [0, 0.1) is 11.8 Å². The van der Waals surface area contributed by atoms with Gasteiger partial charge in [-0.25, -0.2) is 0 Å². The minimum absolute atomic E-state index is 0. The Labute approximate surface area is 124 Å². The van der Waals surface area contributed by atoms with Gasteiger partial charge in [0.1, 0.15) is 0 Å². The fourth-order valence-electron chi connectivity index (χ4n) is 3.20.